The largest absolute Gasteiger partial charge is 0.586 e. The smallest absolute Gasteiger partial charge is 0.395 e. The molecule has 2 aromatic rings. The van der Waals surface area contributed by atoms with Crippen LogP contribution in [-0.2, 0) is 4.79 Å². The Bertz CT molecular complexity index is 1160. The van der Waals surface area contributed by atoms with Gasteiger partial charge in [0.05, 0.1) is 5.56 Å². The van der Waals surface area contributed by atoms with Crippen molar-refractivity contribution in [2.24, 2.45) is 21.7 Å². The van der Waals surface area contributed by atoms with Gasteiger partial charge in [-0.25, -0.2) is 0 Å². The molecule has 0 bridgehead atoms. The lowest BCUT2D eigenvalue weighted by atomic mass is 10.1. The lowest BCUT2D eigenvalue weighted by Gasteiger charge is -2.28. The van der Waals surface area contributed by atoms with Crippen LogP contribution < -0.4 is 20.5 Å². The maximum absolute atomic E-state index is 13.3. The van der Waals surface area contributed by atoms with Crippen LogP contribution in [0.15, 0.2) is 46.6 Å². The summed E-state index contributed by atoms with van der Waals surface area (Å²) >= 11 is 0. The van der Waals surface area contributed by atoms with E-state index in [4.69, 9.17) is 10.8 Å². The van der Waals surface area contributed by atoms with Gasteiger partial charge in [0.1, 0.15) is 6.54 Å². The van der Waals surface area contributed by atoms with Crippen LogP contribution in [0.4, 0.5) is 14.5 Å². The number of fused-ring (bicyclic) bond motifs is 1. The van der Waals surface area contributed by atoms with Crippen LogP contribution in [0.25, 0.3) is 0 Å². The van der Waals surface area contributed by atoms with Crippen LogP contribution in [0.5, 0.6) is 11.5 Å². The first-order chi connectivity index (χ1) is 15.2. The number of aromatic nitrogens is 1. The number of rotatable bonds is 6. The molecule has 32 heavy (non-hydrogen) atoms. The number of nitrogens with zero attached hydrogens (tertiary/aromatic N) is 4. The summed E-state index contributed by atoms with van der Waals surface area (Å²) in [5.41, 5.74) is 7.61. The van der Waals surface area contributed by atoms with Crippen molar-refractivity contribution in [1.29, 1.82) is 0 Å². The van der Waals surface area contributed by atoms with Crippen molar-refractivity contribution in [3.8, 4) is 11.5 Å². The predicted molar refractivity (Wildman–Crippen MR) is 111 cm³/mol. The Balaban J connectivity index is 1.51. The molecule has 1 aliphatic carbocycles. The fraction of sp³-hybridized carbons (Fsp3) is 0.333. The molecule has 0 spiro atoms. The number of halogens is 2. The highest BCUT2D eigenvalue weighted by Gasteiger charge is 2.48. The van der Waals surface area contributed by atoms with E-state index in [9.17, 15) is 13.6 Å². The number of hydrogen-bond acceptors (Lipinski definition) is 7. The molecule has 2 aliphatic heterocycles. The topological polar surface area (TPSA) is 111 Å². The molecule has 1 fully saturated rings. The molecule has 11 heteroatoms. The highest BCUT2D eigenvalue weighted by atomic mass is 19.3. The normalized spacial score (nSPS) is 23.0. The number of carbonyl (C=O) groups excluding carboxylic acids is 1. The van der Waals surface area contributed by atoms with Gasteiger partial charge >= 0.3 is 6.29 Å². The minimum absolute atomic E-state index is 0.0464. The number of carbonyl (C=O) groups is 1. The highest BCUT2D eigenvalue weighted by Crippen LogP contribution is 2.42. The van der Waals surface area contributed by atoms with Gasteiger partial charge in [-0.2, -0.15) is 4.99 Å². The molecule has 1 aromatic carbocycles. The highest BCUT2D eigenvalue weighted by molar-refractivity contribution is 6.09. The van der Waals surface area contributed by atoms with Crippen molar-refractivity contribution in [2.45, 2.75) is 26.1 Å². The molecule has 3 heterocycles. The minimum Gasteiger partial charge on any atom is -0.395 e. The van der Waals surface area contributed by atoms with E-state index >= 15 is 0 Å². The number of nitrogens with one attached hydrogen (secondary N) is 1. The third-order valence-electron chi connectivity index (χ3n) is 5.38. The number of aliphatic imine (C=N–C) groups is 1. The SMILES string of the molecule is Cc1cc(C2=NC(Nc3ccc4c(c3)OC(F)(F)O4)=N[N+]2(CC(N)=O)CC2CC2)ccn1. The summed E-state index contributed by atoms with van der Waals surface area (Å²) in [6.07, 6.45) is 0.0764. The van der Waals surface area contributed by atoms with Gasteiger partial charge in [-0.05, 0) is 49.1 Å². The number of ether oxygens (including phenoxy) is 2. The first kappa shape index (κ1) is 20.3. The van der Waals surface area contributed by atoms with Crippen molar-refractivity contribution >= 4 is 23.4 Å². The van der Waals surface area contributed by atoms with Gasteiger partial charge < -0.3 is 20.5 Å². The van der Waals surface area contributed by atoms with Gasteiger partial charge in [-0.1, -0.05) is 0 Å². The molecule has 0 saturated heterocycles. The summed E-state index contributed by atoms with van der Waals surface area (Å²) in [4.78, 5) is 20.9. The molecule has 1 amide bonds. The summed E-state index contributed by atoms with van der Waals surface area (Å²) in [5.74, 6) is 0.581. The standard InChI is InChI=1S/C21H20F2N6O3/c1-12-8-14(6-7-25-12)19-27-20(28-29(19,11-18(24)30)10-13-2-3-13)26-15-4-5-16-17(9-15)32-21(22,23)31-16/h4-9,13H,2-3,10-11H2,1H3,(H2-,24,26,28,30)/p+1. The fourth-order valence-electron chi connectivity index (χ4n) is 3.93. The Kier molecular flexibility index (Phi) is 4.59. The molecule has 166 valence electrons. The van der Waals surface area contributed by atoms with Crippen LogP contribution in [0.2, 0.25) is 0 Å². The van der Waals surface area contributed by atoms with Gasteiger partial charge in [0.15, 0.2) is 18.0 Å². The summed E-state index contributed by atoms with van der Waals surface area (Å²) < 4.78 is 35.6. The quantitative estimate of drug-likeness (QED) is 0.667. The summed E-state index contributed by atoms with van der Waals surface area (Å²) in [6, 6.07) is 8.00. The summed E-state index contributed by atoms with van der Waals surface area (Å²) in [6.45, 7) is 2.40. The zero-order valence-electron chi connectivity index (χ0n) is 17.2. The van der Waals surface area contributed by atoms with Crippen molar-refractivity contribution < 1.29 is 27.6 Å². The van der Waals surface area contributed by atoms with Crippen LogP contribution in [0.3, 0.4) is 0 Å². The number of aryl methyl sites for hydroxylation is 1. The van der Waals surface area contributed by atoms with Crippen molar-refractivity contribution in [3.63, 3.8) is 0 Å². The average Bonchev–Trinajstić information content (AvgIpc) is 3.35. The molecule has 1 aromatic heterocycles. The number of guanidine groups is 1. The molecule has 3 aliphatic rings. The molecule has 0 radical (unpaired) electrons. The Morgan fingerprint density at radius 3 is 2.75 bits per heavy atom. The number of nitrogens with two attached hydrogens (primary N) is 1. The van der Waals surface area contributed by atoms with Gasteiger partial charge in [-0.3, -0.25) is 9.78 Å². The third kappa shape index (κ3) is 3.98. The maximum Gasteiger partial charge on any atom is 0.586 e. The second-order valence-electron chi connectivity index (χ2n) is 8.17. The number of amidine groups is 1. The number of hydrogen-bond donors (Lipinski definition) is 2. The second-order valence-corrected chi connectivity index (χ2v) is 8.17. The van der Waals surface area contributed by atoms with E-state index in [0.717, 1.165) is 24.1 Å². The van der Waals surface area contributed by atoms with Crippen LogP contribution >= 0.6 is 0 Å². The summed E-state index contributed by atoms with van der Waals surface area (Å²) in [5, 5.41) is 7.78. The monoisotopic (exact) mass is 443 g/mol. The van der Waals surface area contributed by atoms with Crippen LogP contribution in [0.1, 0.15) is 24.1 Å². The van der Waals surface area contributed by atoms with Gasteiger partial charge in [0.25, 0.3) is 17.7 Å². The van der Waals surface area contributed by atoms with Crippen LogP contribution in [0, 0.1) is 12.8 Å². The summed E-state index contributed by atoms with van der Waals surface area (Å²) in [7, 11) is 0. The maximum atomic E-state index is 13.3. The van der Waals surface area contributed by atoms with Crippen molar-refractivity contribution in [2.75, 3.05) is 18.4 Å². The molecule has 1 unspecified atom stereocenters. The van der Waals surface area contributed by atoms with E-state index in [-0.39, 0.29) is 28.6 Å². The first-order valence-electron chi connectivity index (χ1n) is 10.2. The average molecular weight is 443 g/mol. The van der Waals surface area contributed by atoms with Gasteiger partial charge in [0.2, 0.25) is 0 Å². The third-order valence-corrected chi connectivity index (χ3v) is 5.38. The Labute approximate surface area is 182 Å². The molecular weight excluding hydrogens is 422 g/mol. The number of primary amides is 1. The number of amides is 1. The number of anilines is 1. The lowest BCUT2D eigenvalue weighted by Crippen LogP contribution is -2.52. The van der Waals surface area contributed by atoms with E-state index in [1.54, 1.807) is 12.3 Å². The van der Waals surface area contributed by atoms with E-state index < -0.39 is 12.2 Å². The van der Waals surface area contributed by atoms with Crippen LogP contribution in [-0.4, -0.2) is 46.7 Å². The van der Waals surface area contributed by atoms with E-state index in [1.165, 1.54) is 12.1 Å². The second kappa shape index (κ2) is 7.23. The number of benzene rings is 1. The van der Waals surface area contributed by atoms with E-state index in [2.05, 4.69) is 24.8 Å². The zero-order valence-corrected chi connectivity index (χ0v) is 17.2. The molecule has 9 nitrogen and oxygen atoms in total. The van der Waals surface area contributed by atoms with Crippen molar-refractivity contribution in [1.82, 2.24) is 4.98 Å². The zero-order chi connectivity index (χ0) is 22.5. The first-order valence-corrected chi connectivity index (χ1v) is 10.2. The van der Waals surface area contributed by atoms with Crippen molar-refractivity contribution in [3.05, 3.63) is 47.8 Å². The number of quaternary nitrogens is 1. The predicted octanol–water partition coefficient (Wildman–Crippen LogP) is 2.57. The molecule has 3 N–H and O–H groups in total. The fourth-order valence-corrected chi connectivity index (χ4v) is 3.93. The molecule has 5 rings (SSSR count). The Morgan fingerprint density at radius 2 is 2.03 bits per heavy atom. The number of pyridine rings is 1. The number of alkyl halides is 2. The lowest BCUT2D eigenvalue weighted by molar-refractivity contribution is -0.839. The van der Waals surface area contributed by atoms with E-state index in [1.807, 2.05) is 19.1 Å². The molecule has 1 saturated carbocycles. The van der Waals surface area contributed by atoms with Gasteiger partial charge in [-0.15, -0.1) is 13.4 Å². The minimum atomic E-state index is -3.70. The van der Waals surface area contributed by atoms with Gasteiger partial charge in [0, 0.05) is 29.6 Å². The Hall–Kier alpha value is -3.60. The molecular formula is C21H21F2N6O3+. The van der Waals surface area contributed by atoms with E-state index in [0.29, 0.717) is 24.0 Å². The Morgan fingerprint density at radius 1 is 1.25 bits per heavy atom. The molecule has 1 atom stereocenters.